The number of alkyl halides is 1. The van der Waals surface area contributed by atoms with Crippen molar-refractivity contribution in [1.82, 2.24) is 10.3 Å². The molecule has 1 saturated heterocycles. The van der Waals surface area contributed by atoms with Crippen molar-refractivity contribution in [3.63, 3.8) is 0 Å². The predicted molar refractivity (Wildman–Crippen MR) is 43.0 cm³/mol. The molecule has 1 aliphatic heterocycles. The fourth-order valence-electron chi connectivity index (χ4n) is 1.48. The molecule has 0 aromatic rings. The molecule has 1 fully saturated rings. The summed E-state index contributed by atoms with van der Waals surface area (Å²) in [6, 6.07) is -0.752. The van der Waals surface area contributed by atoms with E-state index in [9.17, 15) is 14.0 Å². The van der Waals surface area contributed by atoms with Crippen LogP contribution in [0.3, 0.4) is 0 Å². The summed E-state index contributed by atoms with van der Waals surface area (Å²) in [5.41, 5.74) is 1.91. The van der Waals surface area contributed by atoms with E-state index < -0.39 is 18.1 Å². The first-order valence-electron chi connectivity index (χ1n) is 3.98. The van der Waals surface area contributed by atoms with Gasteiger partial charge >= 0.3 is 0 Å². The Morgan fingerprint density at radius 2 is 2.23 bits per heavy atom. The van der Waals surface area contributed by atoms with E-state index in [1.54, 1.807) is 0 Å². The zero-order valence-electron chi connectivity index (χ0n) is 7.29. The summed E-state index contributed by atoms with van der Waals surface area (Å²) in [6.45, 7) is 1.28. The van der Waals surface area contributed by atoms with E-state index >= 15 is 0 Å². The lowest BCUT2D eigenvalue weighted by atomic mass is 10.2. The van der Waals surface area contributed by atoms with Crippen molar-refractivity contribution in [3.8, 4) is 0 Å². The minimum Gasteiger partial charge on any atom is -0.328 e. The van der Waals surface area contributed by atoms with Crippen molar-refractivity contribution in [2.24, 2.45) is 5.84 Å². The van der Waals surface area contributed by atoms with E-state index in [1.165, 1.54) is 11.8 Å². The highest BCUT2D eigenvalue weighted by Crippen LogP contribution is 2.20. The highest BCUT2D eigenvalue weighted by atomic mass is 19.1. The number of nitrogens with one attached hydrogen (secondary N) is 1. The number of nitrogens with two attached hydrogens (primary N) is 1. The zero-order valence-corrected chi connectivity index (χ0v) is 7.29. The maximum Gasteiger partial charge on any atom is 0.256 e. The maximum atomic E-state index is 12.9. The Balaban J connectivity index is 2.71. The van der Waals surface area contributed by atoms with E-state index in [1.807, 2.05) is 5.43 Å². The Morgan fingerprint density at radius 1 is 1.62 bits per heavy atom. The molecule has 1 aliphatic rings. The predicted octanol–water partition coefficient (Wildman–Crippen LogP) is -1.06. The van der Waals surface area contributed by atoms with Crippen LogP contribution in [0.25, 0.3) is 0 Å². The summed E-state index contributed by atoms with van der Waals surface area (Å²) in [7, 11) is 0. The molecule has 1 heterocycles. The van der Waals surface area contributed by atoms with Crippen molar-refractivity contribution >= 4 is 11.8 Å². The lowest BCUT2D eigenvalue weighted by molar-refractivity contribution is -0.136. The Morgan fingerprint density at radius 3 is 2.69 bits per heavy atom. The van der Waals surface area contributed by atoms with Gasteiger partial charge in [0.1, 0.15) is 12.2 Å². The summed E-state index contributed by atoms with van der Waals surface area (Å²) in [4.78, 5) is 23.2. The van der Waals surface area contributed by atoms with Crippen LogP contribution in [-0.4, -0.2) is 35.5 Å². The molecular formula is C7H12FN3O2. The van der Waals surface area contributed by atoms with E-state index in [2.05, 4.69) is 0 Å². The Bertz CT molecular complexity index is 234. The Kier molecular flexibility index (Phi) is 2.82. The van der Waals surface area contributed by atoms with Gasteiger partial charge in [-0.1, -0.05) is 0 Å². The molecule has 0 spiro atoms. The minimum absolute atomic E-state index is 0.0204. The number of carbonyl (C=O) groups is 2. The molecule has 2 amide bonds. The van der Waals surface area contributed by atoms with Gasteiger partial charge in [0.05, 0.1) is 6.54 Å². The van der Waals surface area contributed by atoms with Crippen molar-refractivity contribution < 1.29 is 14.0 Å². The van der Waals surface area contributed by atoms with Crippen LogP contribution >= 0.6 is 0 Å². The summed E-state index contributed by atoms with van der Waals surface area (Å²) in [6.07, 6.45) is -1.10. The van der Waals surface area contributed by atoms with E-state index in [4.69, 9.17) is 5.84 Å². The first-order valence-corrected chi connectivity index (χ1v) is 3.98. The number of hydrogen-bond donors (Lipinski definition) is 2. The van der Waals surface area contributed by atoms with Gasteiger partial charge in [-0.25, -0.2) is 10.2 Å². The second-order valence-electron chi connectivity index (χ2n) is 3.03. The molecule has 0 aromatic heterocycles. The van der Waals surface area contributed by atoms with Gasteiger partial charge in [0.15, 0.2) is 0 Å². The topological polar surface area (TPSA) is 75.4 Å². The van der Waals surface area contributed by atoms with Crippen molar-refractivity contribution in [1.29, 1.82) is 0 Å². The van der Waals surface area contributed by atoms with E-state index in [0.29, 0.717) is 0 Å². The van der Waals surface area contributed by atoms with Gasteiger partial charge < -0.3 is 4.90 Å². The monoisotopic (exact) mass is 189 g/mol. The number of nitrogens with zero attached hydrogens (tertiary/aromatic N) is 1. The fraction of sp³-hybridized carbons (Fsp3) is 0.714. The Labute approximate surface area is 75.0 Å². The lowest BCUT2D eigenvalue weighted by Crippen LogP contribution is -2.47. The van der Waals surface area contributed by atoms with Crippen LogP contribution in [0.15, 0.2) is 0 Å². The molecular weight excluding hydrogens is 177 g/mol. The maximum absolute atomic E-state index is 12.9. The van der Waals surface area contributed by atoms with Crippen LogP contribution in [0.2, 0.25) is 0 Å². The van der Waals surface area contributed by atoms with Crippen LogP contribution < -0.4 is 11.3 Å². The average Bonchev–Trinajstić information content (AvgIpc) is 2.46. The summed E-state index contributed by atoms with van der Waals surface area (Å²) < 4.78 is 12.9. The third kappa shape index (κ3) is 1.95. The van der Waals surface area contributed by atoms with Gasteiger partial charge in [-0.05, 0) is 0 Å². The standard InChI is InChI=1S/C7H12FN3O2/c1-4(12)11-3-5(8)2-6(11)7(13)10-9/h5-6H,2-3,9H2,1H3,(H,10,13). The van der Waals surface area contributed by atoms with E-state index in [-0.39, 0.29) is 18.9 Å². The molecule has 6 heteroatoms. The van der Waals surface area contributed by atoms with Crippen LogP contribution in [0.5, 0.6) is 0 Å². The second kappa shape index (κ2) is 3.69. The summed E-state index contributed by atoms with van der Waals surface area (Å²) in [5.74, 6) is 4.07. The number of amides is 2. The third-order valence-corrected chi connectivity index (χ3v) is 2.10. The van der Waals surface area contributed by atoms with Crippen molar-refractivity contribution in [2.75, 3.05) is 6.54 Å². The van der Waals surface area contributed by atoms with Crippen LogP contribution in [-0.2, 0) is 9.59 Å². The van der Waals surface area contributed by atoms with E-state index in [0.717, 1.165) is 0 Å². The first-order chi connectivity index (χ1) is 6.06. The molecule has 0 bridgehead atoms. The van der Waals surface area contributed by atoms with Gasteiger partial charge in [-0.3, -0.25) is 15.0 Å². The van der Waals surface area contributed by atoms with Crippen LogP contribution in [0.4, 0.5) is 4.39 Å². The van der Waals surface area contributed by atoms with Gasteiger partial charge in [-0.2, -0.15) is 0 Å². The number of hydrazine groups is 1. The quantitative estimate of drug-likeness (QED) is 0.313. The normalized spacial score (nSPS) is 27.5. The smallest absolute Gasteiger partial charge is 0.256 e. The summed E-state index contributed by atoms with van der Waals surface area (Å²) in [5, 5.41) is 0. The molecule has 74 valence electrons. The van der Waals surface area contributed by atoms with Crippen LogP contribution in [0, 0.1) is 0 Å². The molecule has 13 heavy (non-hydrogen) atoms. The summed E-state index contributed by atoms with van der Waals surface area (Å²) >= 11 is 0. The van der Waals surface area contributed by atoms with Gasteiger partial charge in [0.25, 0.3) is 5.91 Å². The SMILES string of the molecule is CC(=O)N1CC(F)CC1C(=O)NN. The highest BCUT2D eigenvalue weighted by Gasteiger charge is 2.37. The molecule has 2 unspecified atom stereocenters. The average molecular weight is 189 g/mol. The molecule has 0 aromatic carbocycles. The van der Waals surface area contributed by atoms with Crippen molar-refractivity contribution in [3.05, 3.63) is 0 Å². The van der Waals surface area contributed by atoms with Crippen LogP contribution in [0.1, 0.15) is 13.3 Å². The largest absolute Gasteiger partial charge is 0.328 e. The molecule has 1 rings (SSSR count). The molecule has 5 nitrogen and oxygen atoms in total. The molecule has 0 aliphatic carbocycles. The number of rotatable bonds is 1. The highest BCUT2D eigenvalue weighted by molar-refractivity contribution is 5.87. The number of halogens is 1. The zero-order chi connectivity index (χ0) is 10.0. The van der Waals surface area contributed by atoms with Gasteiger partial charge in [-0.15, -0.1) is 0 Å². The first kappa shape index (κ1) is 9.91. The third-order valence-electron chi connectivity index (χ3n) is 2.10. The molecule has 0 radical (unpaired) electrons. The molecule has 3 N–H and O–H groups in total. The second-order valence-corrected chi connectivity index (χ2v) is 3.03. The number of hydrogen-bond acceptors (Lipinski definition) is 3. The van der Waals surface area contributed by atoms with Crippen molar-refractivity contribution in [2.45, 2.75) is 25.6 Å². The fourth-order valence-corrected chi connectivity index (χ4v) is 1.48. The minimum atomic E-state index is -1.13. The number of carbonyl (C=O) groups excluding carboxylic acids is 2. The molecule has 2 atom stereocenters. The Hall–Kier alpha value is -1.17. The molecule has 0 saturated carbocycles. The van der Waals surface area contributed by atoms with Gasteiger partial charge in [0.2, 0.25) is 5.91 Å². The van der Waals surface area contributed by atoms with Gasteiger partial charge in [0, 0.05) is 13.3 Å². The lowest BCUT2D eigenvalue weighted by Gasteiger charge is -2.20. The number of likely N-dealkylation sites (tertiary alicyclic amines) is 1.